The van der Waals surface area contributed by atoms with Crippen molar-refractivity contribution >= 4 is 23.5 Å². The second-order valence-corrected chi connectivity index (χ2v) is 8.33. The lowest BCUT2D eigenvalue weighted by atomic mass is 10.1. The maximum atomic E-state index is 13.8. The van der Waals surface area contributed by atoms with Crippen molar-refractivity contribution in [2.45, 2.75) is 0 Å². The van der Waals surface area contributed by atoms with Crippen molar-refractivity contribution in [3.63, 3.8) is 0 Å². The van der Waals surface area contributed by atoms with Crippen molar-refractivity contribution < 1.29 is 13.8 Å². The fourth-order valence-corrected chi connectivity index (χ4v) is 5.16. The Bertz CT molecular complexity index is 831. The first-order chi connectivity index (χ1) is 11.6. The molecule has 0 aliphatic heterocycles. The van der Waals surface area contributed by atoms with Crippen LogP contribution in [0, 0.1) is 5.82 Å². The van der Waals surface area contributed by atoms with E-state index in [4.69, 9.17) is 0 Å². The van der Waals surface area contributed by atoms with E-state index in [2.05, 4.69) is 0 Å². The Balaban J connectivity index is 2.02. The van der Waals surface area contributed by atoms with Gasteiger partial charge in [-0.1, -0.05) is 60.7 Å². The van der Waals surface area contributed by atoms with Crippen LogP contribution in [0.1, 0.15) is 10.4 Å². The summed E-state index contributed by atoms with van der Waals surface area (Å²) in [7, 11) is -3.10. The van der Waals surface area contributed by atoms with Crippen molar-refractivity contribution in [2.75, 3.05) is 6.16 Å². The van der Waals surface area contributed by atoms with Crippen molar-refractivity contribution in [2.24, 2.45) is 0 Å². The fourth-order valence-electron chi connectivity index (χ4n) is 2.60. The quantitative estimate of drug-likeness (QED) is 0.520. The van der Waals surface area contributed by atoms with Gasteiger partial charge in [0, 0.05) is 16.2 Å². The Morgan fingerprint density at radius 1 is 0.750 bits per heavy atom. The highest BCUT2D eigenvalue weighted by atomic mass is 31.2. The molecule has 0 spiro atoms. The molecule has 0 aliphatic carbocycles. The molecule has 0 amide bonds. The number of hydrogen-bond acceptors (Lipinski definition) is 2. The average Bonchev–Trinajstić information content (AvgIpc) is 2.63. The highest BCUT2D eigenvalue weighted by molar-refractivity contribution is 7.79. The molecule has 0 radical (unpaired) electrons. The minimum atomic E-state index is -3.10. The van der Waals surface area contributed by atoms with Crippen LogP contribution in [0.25, 0.3) is 0 Å². The van der Waals surface area contributed by atoms with Gasteiger partial charge in [0.05, 0.1) is 6.16 Å². The van der Waals surface area contributed by atoms with Crippen molar-refractivity contribution in [1.29, 1.82) is 0 Å². The van der Waals surface area contributed by atoms with E-state index in [1.54, 1.807) is 24.3 Å². The van der Waals surface area contributed by atoms with Gasteiger partial charge in [-0.05, 0) is 24.3 Å². The molecule has 3 aromatic carbocycles. The molecule has 0 N–H and O–H groups in total. The molecular formula is C20H16FO2P. The first-order valence-corrected chi connectivity index (χ1v) is 9.48. The number of carbonyl (C=O) groups excluding carboxylic acids is 1. The zero-order valence-electron chi connectivity index (χ0n) is 12.9. The van der Waals surface area contributed by atoms with Crippen LogP contribution < -0.4 is 10.6 Å². The standard InChI is InChI=1S/C20H16FO2P/c21-17-13-11-16(12-14-17)20(22)15-24(23,18-7-3-1-4-8-18)19-9-5-2-6-10-19/h1-14H,15H2. The van der Waals surface area contributed by atoms with Gasteiger partial charge in [0.25, 0.3) is 0 Å². The zero-order chi connectivity index (χ0) is 17.0. The van der Waals surface area contributed by atoms with E-state index in [0.717, 1.165) is 0 Å². The Morgan fingerprint density at radius 2 is 1.21 bits per heavy atom. The second kappa shape index (κ2) is 6.94. The Morgan fingerprint density at radius 3 is 1.67 bits per heavy atom. The highest BCUT2D eigenvalue weighted by Gasteiger charge is 2.30. The van der Waals surface area contributed by atoms with Gasteiger partial charge in [0.15, 0.2) is 12.9 Å². The molecule has 0 atom stereocenters. The Hall–Kier alpha value is -2.51. The third kappa shape index (κ3) is 3.37. The van der Waals surface area contributed by atoms with E-state index in [9.17, 15) is 13.8 Å². The maximum absolute atomic E-state index is 13.8. The van der Waals surface area contributed by atoms with Crippen LogP contribution in [-0.2, 0) is 4.57 Å². The lowest BCUT2D eigenvalue weighted by Crippen LogP contribution is -2.22. The smallest absolute Gasteiger partial charge is 0.170 e. The van der Waals surface area contributed by atoms with E-state index in [1.165, 1.54) is 24.3 Å². The van der Waals surface area contributed by atoms with Crippen LogP contribution in [0.5, 0.6) is 0 Å². The third-order valence-electron chi connectivity index (χ3n) is 3.88. The zero-order valence-corrected chi connectivity index (χ0v) is 13.8. The lowest BCUT2D eigenvalue weighted by molar-refractivity contribution is 0.102. The molecule has 4 heteroatoms. The van der Waals surface area contributed by atoms with E-state index >= 15 is 0 Å². The van der Waals surface area contributed by atoms with Gasteiger partial charge in [0.2, 0.25) is 0 Å². The number of halogens is 1. The number of carbonyl (C=O) groups is 1. The molecule has 3 rings (SSSR count). The number of Topliss-reactive ketones (excluding diaryl/α,β-unsaturated/α-hetero) is 1. The van der Waals surface area contributed by atoms with E-state index in [1.807, 2.05) is 36.4 Å². The molecule has 0 unspecified atom stereocenters. The molecule has 120 valence electrons. The SMILES string of the molecule is O=C(CP(=O)(c1ccccc1)c1ccccc1)c1ccc(F)cc1. The Labute approximate surface area is 140 Å². The topological polar surface area (TPSA) is 34.1 Å². The van der Waals surface area contributed by atoms with Crippen molar-refractivity contribution in [3.05, 3.63) is 96.3 Å². The molecule has 0 bridgehead atoms. The molecule has 0 heterocycles. The summed E-state index contributed by atoms with van der Waals surface area (Å²) in [4.78, 5) is 12.6. The lowest BCUT2D eigenvalue weighted by Gasteiger charge is -2.18. The monoisotopic (exact) mass is 338 g/mol. The van der Waals surface area contributed by atoms with Crippen LogP contribution in [0.3, 0.4) is 0 Å². The molecular weight excluding hydrogens is 322 g/mol. The van der Waals surface area contributed by atoms with E-state index < -0.39 is 13.0 Å². The maximum Gasteiger partial charge on any atom is 0.170 e. The summed E-state index contributed by atoms with van der Waals surface area (Å²) in [6.07, 6.45) is -0.118. The van der Waals surface area contributed by atoms with Gasteiger partial charge in [-0.25, -0.2) is 4.39 Å². The van der Waals surface area contributed by atoms with Crippen LogP contribution in [-0.4, -0.2) is 11.9 Å². The van der Waals surface area contributed by atoms with Crippen LogP contribution in [0.2, 0.25) is 0 Å². The summed E-state index contributed by atoms with van der Waals surface area (Å²) in [6, 6.07) is 23.4. The summed E-state index contributed by atoms with van der Waals surface area (Å²) in [5.41, 5.74) is 0.364. The minimum absolute atomic E-state index is 0.118. The van der Waals surface area contributed by atoms with Crippen molar-refractivity contribution in [1.82, 2.24) is 0 Å². The first kappa shape index (κ1) is 16.4. The number of benzene rings is 3. The molecule has 2 nitrogen and oxygen atoms in total. The van der Waals surface area contributed by atoms with Crippen LogP contribution >= 0.6 is 7.14 Å². The second-order valence-electron chi connectivity index (χ2n) is 5.50. The van der Waals surface area contributed by atoms with E-state index in [0.29, 0.717) is 16.2 Å². The average molecular weight is 338 g/mol. The van der Waals surface area contributed by atoms with Crippen LogP contribution in [0.4, 0.5) is 4.39 Å². The van der Waals surface area contributed by atoms with Gasteiger partial charge in [0.1, 0.15) is 5.82 Å². The number of ketones is 1. The molecule has 0 aromatic heterocycles. The van der Waals surface area contributed by atoms with Gasteiger partial charge >= 0.3 is 0 Å². The van der Waals surface area contributed by atoms with Crippen LogP contribution in [0.15, 0.2) is 84.9 Å². The van der Waals surface area contributed by atoms with E-state index in [-0.39, 0.29) is 11.9 Å². The summed E-state index contributed by atoms with van der Waals surface area (Å²) in [5.74, 6) is -0.660. The van der Waals surface area contributed by atoms with Gasteiger partial charge in [-0.3, -0.25) is 4.79 Å². The molecule has 0 saturated carbocycles. The molecule has 0 saturated heterocycles. The molecule has 0 fully saturated rings. The minimum Gasteiger partial charge on any atom is -0.313 e. The third-order valence-corrected chi connectivity index (χ3v) is 6.88. The van der Waals surface area contributed by atoms with Gasteiger partial charge in [-0.15, -0.1) is 0 Å². The predicted octanol–water partition coefficient (Wildman–Crippen LogP) is 4.02. The molecule has 24 heavy (non-hydrogen) atoms. The highest BCUT2D eigenvalue weighted by Crippen LogP contribution is 2.43. The van der Waals surface area contributed by atoms with Gasteiger partial charge in [-0.2, -0.15) is 0 Å². The van der Waals surface area contributed by atoms with Gasteiger partial charge < -0.3 is 4.57 Å². The molecule has 3 aromatic rings. The number of hydrogen-bond donors (Lipinski definition) is 0. The first-order valence-electron chi connectivity index (χ1n) is 7.59. The largest absolute Gasteiger partial charge is 0.313 e. The predicted molar refractivity (Wildman–Crippen MR) is 95.4 cm³/mol. The van der Waals surface area contributed by atoms with Crippen molar-refractivity contribution in [3.8, 4) is 0 Å². The summed E-state index contributed by atoms with van der Waals surface area (Å²) < 4.78 is 26.8. The summed E-state index contributed by atoms with van der Waals surface area (Å²) >= 11 is 0. The number of rotatable bonds is 5. The Kier molecular flexibility index (Phi) is 4.73. The molecule has 0 aliphatic rings. The fraction of sp³-hybridized carbons (Fsp3) is 0.0500. The summed E-state index contributed by atoms with van der Waals surface area (Å²) in [5, 5.41) is 1.29. The normalized spacial score (nSPS) is 11.2. The summed E-state index contributed by atoms with van der Waals surface area (Å²) in [6.45, 7) is 0.